The average Bonchev–Trinajstić information content (AvgIpc) is 3.25. The number of rotatable bonds is 9. The van der Waals surface area contributed by atoms with Crippen molar-refractivity contribution in [2.75, 3.05) is 13.2 Å². The van der Waals surface area contributed by atoms with E-state index in [1.54, 1.807) is 30.3 Å². The third kappa shape index (κ3) is 6.49. The molecule has 0 spiro atoms. The first-order chi connectivity index (χ1) is 17.8. The lowest BCUT2D eigenvalue weighted by Crippen LogP contribution is -2.47. The Morgan fingerprint density at radius 2 is 1.59 bits per heavy atom. The summed E-state index contributed by atoms with van der Waals surface area (Å²) in [5.41, 5.74) is 1.91. The quantitative estimate of drug-likeness (QED) is 0.445. The Bertz CT molecular complexity index is 1260. The van der Waals surface area contributed by atoms with Gasteiger partial charge in [0.15, 0.2) is 11.6 Å². The third-order valence-electron chi connectivity index (χ3n) is 6.26. The SMILES string of the molecule is O=C(O)N(Cc1ccccc1)C[C@H](Cc1ccc(F)c(F)c1)C(=O)N1C(=O)OC[C@H]1Cc1ccccc1. The number of carboxylic acid groups (broad SMARTS) is 1. The van der Waals surface area contributed by atoms with E-state index in [1.807, 2.05) is 30.3 Å². The van der Waals surface area contributed by atoms with Crippen molar-refractivity contribution in [3.63, 3.8) is 0 Å². The maximum Gasteiger partial charge on any atom is 0.416 e. The standard InChI is InChI=1S/C28H26F2N2O5/c29-24-12-11-21(15-25(24)30)13-22(17-31(27(34)35)16-20-9-5-2-6-10-20)26(33)32-23(18-37-28(32)36)14-19-7-3-1-4-8-19/h1-12,15,22-23H,13-14,16-18H2,(H,34,35)/t22-,23+/m0/s1. The first-order valence-electron chi connectivity index (χ1n) is 11.8. The molecule has 2 atom stereocenters. The summed E-state index contributed by atoms with van der Waals surface area (Å²) in [5, 5.41) is 9.88. The molecule has 1 aliphatic heterocycles. The number of cyclic esters (lactones) is 1. The van der Waals surface area contributed by atoms with Gasteiger partial charge in [0.2, 0.25) is 5.91 Å². The number of imide groups is 1. The molecule has 3 aromatic rings. The van der Waals surface area contributed by atoms with Crippen LogP contribution in [0.2, 0.25) is 0 Å². The van der Waals surface area contributed by atoms with Crippen LogP contribution in [0.15, 0.2) is 78.9 Å². The van der Waals surface area contributed by atoms with Crippen LogP contribution < -0.4 is 0 Å². The lowest BCUT2D eigenvalue weighted by molar-refractivity contribution is -0.133. The number of amides is 3. The number of hydrogen-bond acceptors (Lipinski definition) is 4. The van der Waals surface area contributed by atoms with Gasteiger partial charge in [-0.1, -0.05) is 66.7 Å². The molecule has 1 heterocycles. The minimum atomic E-state index is -1.25. The normalized spacial score (nSPS) is 15.8. The van der Waals surface area contributed by atoms with Crippen molar-refractivity contribution in [2.24, 2.45) is 5.92 Å². The molecule has 3 amide bonds. The fraction of sp³-hybridized carbons (Fsp3) is 0.250. The molecule has 0 aromatic heterocycles. The molecule has 1 saturated heterocycles. The van der Waals surface area contributed by atoms with Gasteiger partial charge in [-0.15, -0.1) is 0 Å². The van der Waals surface area contributed by atoms with E-state index < -0.39 is 41.7 Å². The Balaban J connectivity index is 1.61. The van der Waals surface area contributed by atoms with Gasteiger partial charge in [-0.25, -0.2) is 23.3 Å². The maximum atomic E-state index is 13.9. The summed E-state index contributed by atoms with van der Waals surface area (Å²) in [6.07, 6.45) is -1.80. The van der Waals surface area contributed by atoms with E-state index in [0.717, 1.165) is 27.5 Å². The molecule has 3 aromatic carbocycles. The molecule has 192 valence electrons. The molecular weight excluding hydrogens is 482 g/mol. The monoisotopic (exact) mass is 508 g/mol. The predicted molar refractivity (Wildman–Crippen MR) is 131 cm³/mol. The molecule has 4 rings (SSSR count). The van der Waals surface area contributed by atoms with E-state index in [-0.39, 0.29) is 26.1 Å². The van der Waals surface area contributed by atoms with E-state index in [9.17, 15) is 28.3 Å². The molecule has 0 unspecified atom stereocenters. The molecule has 37 heavy (non-hydrogen) atoms. The van der Waals surface area contributed by atoms with Crippen LogP contribution in [0.25, 0.3) is 0 Å². The Kier molecular flexibility index (Phi) is 8.12. The van der Waals surface area contributed by atoms with Gasteiger partial charge in [-0.3, -0.25) is 4.79 Å². The predicted octanol–water partition coefficient (Wildman–Crippen LogP) is 4.89. The zero-order chi connectivity index (χ0) is 26.4. The average molecular weight is 509 g/mol. The highest BCUT2D eigenvalue weighted by Gasteiger charge is 2.41. The highest BCUT2D eigenvalue weighted by atomic mass is 19.2. The van der Waals surface area contributed by atoms with Crippen LogP contribution in [0.1, 0.15) is 16.7 Å². The molecular formula is C28H26F2N2O5. The highest BCUT2D eigenvalue weighted by Crippen LogP contribution is 2.24. The molecule has 0 saturated carbocycles. The molecule has 0 aliphatic carbocycles. The van der Waals surface area contributed by atoms with E-state index in [0.29, 0.717) is 17.5 Å². The summed E-state index contributed by atoms with van der Waals surface area (Å²) in [5.74, 6) is -3.79. The van der Waals surface area contributed by atoms with Gasteiger partial charge >= 0.3 is 12.2 Å². The lowest BCUT2D eigenvalue weighted by atomic mass is 9.95. The summed E-state index contributed by atoms with van der Waals surface area (Å²) in [6, 6.07) is 20.8. The number of carbonyl (C=O) groups excluding carboxylic acids is 2. The van der Waals surface area contributed by atoms with Crippen LogP contribution in [-0.4, -0.2) is 52.2 Å². The highest BCUT2D eigenvalue weighted by molar-refractivity contribution is 5.95. The van der Waals surface area contributed by atoms with Gasteiger partial charge < -0.3 is 14.7 Å². The Morgan fingerprint density at radius 1 is 0.946 bits per heavy atom. The van der Waals surface area contributed by atoms with Gasteiger partial charge in [-0.2, -0.15) is 0 Å². The Morgan fingerprint density at radius 3 is 2.22 bits per heavy atom. The van der Waals surface area contributed by atoms with Gasteiger partial charge in [0.1, 0.15) is 6.61 Å². The second-order valence-electron chi connectivity index (χ2n) is 8.93. The van der Waals surface area contributed by atoms with Crippen LogP contribution in [-0.2, 0) is 28.9 Å². The molecule has 7 nitrogen and oxygen atoms in total. The summed E-state index contributed by atoms with van der Waals surface area (Å²) in [6.45, 7) is -0.246. The second-order valence-corrected chi connectivity index (χ2v) is 8.93. The number of carbonyl (C=O) groups is 3. The van der Waals surface area contributed by atoms with Crippen molar-refractivity contribution in [2.45, 2.75) is 25.4 Å². The maximum absolute atomic E-state index is 13.9. The number of halogens is 2. The summed E-state index contributed by atoms with van der Waals surface area (Å²) in [4.78, 5) is 40.6. The van der Waals surface area contributed by atoms with Crippen LogP contribution in [0.5, 0.6) is 0 Å². The van der Waals surface area contributed by atoms with Gasteiger partial charge in [0, 0.05) is 13.1 Å². The van der Waals surface area contributed by atoms with Gasteiger partial charge in [0.25, 0.3) is 0 Å². The van der Waals surface area contributed by atoms with E-state index in [2.05, 4.69) is 0 Å². The van der Waals surface area contributed by atoms with Crippen molar-refractivity contribution >= 4 is 18.1 Å². The van der Waals surface area contributed by atoms with Gasteiger partial charge in [-0.05, 0) is 41.7 Å². The first kappa shape index (κ1) is 25.8. The fourth-order valence-electron chi connectivity index (χ4n) is 4.42. The number of hydrogen-bond donors (Lipinski definition) is 1. The largest absolute Gasteiger partial charge is 0.465 e. The van der Waals surface area contributed by atoms with E-state index in [4.69, 9.17) is 4.74 Å². The smallest absolute Gasteiger partial charge is 0.416 e. The van der Waals surface area contributed by atoms with Crippen LogP contribution in [0.4, 0.5) is 18.4 Å². The molecule has 1 aliphatic rings. The second kappa shape index (κ2) is 11.6. The van der Waals surface area contributed by atoms with Crippen molar-refractivity contribution in [3.05, 3.63) is 107 Å². The number of nitrogens with zero attached hydrogens (tertiary/aromatic N) is 2. The van der Waals surface area contributed by atoms with E-state index in [1.165, 1.54) is 6.07 Å². The molecule has 0 bridgehead atoms. The fourth-order valence-corrected chi connectivity index (χ4v) is 4.42. The molecule has 1 N–H and O–H groups in total. The lowest BCUT2D eigenvalue weighted by Gasteiger charge is -2.29. The Labute approximate surface area is 212 Å². The number of ether oxygens (including phenoxy) is 1. The topological polar surface area (TPSA) is 87.2 Å². The summed E-state index contributed by atoms with van der Waals surface area (Å²) >= 11 is 0. The zero-order valence-electron chi connectivity index (χ0n) is 19.9. The Hall–Kier alpha value is -4.27. The van der Waals surface area contributed by atoms with Crippen molar-refractivity contribution in [1.29, 1.82) is 0 Å². The summed E-state index contributed by atoms with van der Waals surface area (Å²) in [7, 11) is 0. The van der Waals surface area contributed by atoms with Crippen molar-refractivity contribution in [1.82, 2.24) is 9.80 Å². The van der Waals surface area contributed by atoms with Crippen LogP contribution in [0, 0.1) is 17.6 Å². The van der Waals surface area contributed by atoms with Crippen molar-refractivity contribution < 1.29 is 33.0 Å². The van der Waals surface area contributed by atoms with E-state index >= 15 is 0 Å². The minimum Gasteiger partial charge on any atom is -0.465 e. The number of benzene rings is 3. The first-order valence-corrected chi connectivity index (χ1v) is 11.8. The van der Waals surface area contributed by atoms with Crippen LogP contribution >= 0.6 is 0 Å². The molecule has 9 heteroatoms. The minimum absolute atomic E-state index is 0.00399. The zero-order valence-corrected chi connectivity index (χ0v) is 19.9. The van der Waals surface area contributed by atoms with Gasteiger partial charge in [0.05, 0.1) is 12.0 Å². The summed E-state index contributed by atoms with van der Waals surface area (Å²) < 4.78 is 32.6. The molecule has 0 radical (unpaired) electrons. The van der Waals surface area contributed by atoms with Crippen molar-refractivity contribution in [3.8, 4) is 0 Å². The molecule has 1 fully saturated rings. The van der Waals surface area contributed by atoms with Crippen LogP contribution in [0.3, 0.4) is 0 Å². The third-order valence-corrected chi connectivity index (χ3v) is 6.26.